The highest BCUT2D eigenvalue weighted by Crippen LogP contribution is 1.62. The van der Waals surface area contributed by atoms with Gasteiger partial charge in [0.2, 0.25) is 0 Å². The van der Waals surface area contributed by atoms with Gasteiger partial charge in [-0.15, -0.1) is 6.42 Å². The third-order valence-electron chi connectivity index (χ3n) is 0.504. The van der Waals surface area contributed by atoms with Gasteiger partial charge in [-0.3, -0.25) is 0 Å². The summed E-state index contributed by atoms with van der Waals surface area (Å²) in [5.74, 6) is 7.40. The van der Waals surface area contributed by atoms with Gasteiger partial charge in [-0.2, -0.15) is 0 Å². The average molecular weight is 138 g/mol. The Balaban J connectivity index is 0. The molecule has 0 aliphatic rings. The summed E-state index contributed by atoms with van der Waals surface area (Å²) < 4.78 is 0. The molecule has 0 aromatic carbocycles. The molecule has 0 radical (unpaired) electrons. The van der Waals surface area contributed by atoms with E-state index in [1.54, 1.807) is 0 Å². The fourth-order valence-electron chi connectivity index (χ4n) is 0.139. The van der Waals surface area contributed by atoms with Gasteiger partial charge in [-0.05, 0) is 11.8 Å². The van der Waals surface area contributed by atoms with Crippen LogP contribution in [-0.4, -0.2) is 13.1 Å². The molecule has 0 unspecified atom stereocenters. The largest absolute Gasteiger partial charge is 0.329 e. The molecule has 0 saturated carbocycles. The zero-order chi connectivity index (χ0) is 8.24. The van der Waals surface area contributed by atoms with Gasteiger partial charge < -0.3 is 11.5 Å². The summed E-state index contributed by atoms with van der Waals surface area (Å²) in [4.78, 5) is 0. The molecule has 2 nitrogen and oxygen atoms in total. The highest BCUT2D eigenvalue weighted by atomic mass is 14.6. The molecular formula is C8H14N2. The second-order valence-corrected chi connectivity index (χ2v) is 1.38. The Bertz CT molecular complexity index is 132. The minimum Gasteiger partial charge on any atom is -0.329 e. The van der Waals surface area contributed by atoms with Crippen LogP contribution in [0, 0.1) is 24.2 Å². The van der Waals surface area contributed by atoms with Crippen molar-refractivity contribution >= 4 is 0 Å². The Morgan fingerprint density at radius 3 is 1.90 bits per heavy atom. The van der Waals surface area contributed by atoms with Crippen LogP contribution >= 0.6 is 0 Å². The van der Waals surface area contributed by atoms with Gasteiger partial charge in [-0.25, -0.2) is 0 Å². The molecule has 0 atom stereocenters. The Morgan fingerprint density at radius 2 is 1.80 bits per heavy atom. The van der Waals surface area contributed by atoms with Crippen LogP contribution < -0.4 is 11.5 Å². The Kier molecular flexibility index (Phi) is 18.5. The summed E-state index contributed by atoms with van der Waals surface area (Å²) in [5, 5.41) is 0. The van der Waals surface area contributed by atoms with E-state index < -0.39 is 0 Å². The van der Waals surface area contributed by atoms with E-state index in [4.69, 9.17) is 17.9 Å². The molecule has 0 heterocycles. The molecule has 0 spiro atoms. The summed E-state index contributed by atoms with van der Waals surface area (Å²) in [7, 11) is 0. The van der Waals surface area contributed by atoms with E-state index in [-0.39, 0.29) is 0 Å². The van der Waals surface area contributed by atoms with Gasteiger partial charge in [0.1, 0.15) is 0 Å². The molecule has 0 amide bonds. The lowest BCUT2D eigenvalue weighted by Gasteiger charge is -1.72. The zero-order valence-electron chi connectivity index (χ0n) is 6.35. The van der Waals surface area contributed by atoms with E-state index in [2.05, 4.69) is 17.8 Å². The minimum absolute atomic E-state index is 0.597. The third kappa shape index (κ3) is 27.8. The highest BCUT2D eigenvalue weighted by molar-refractivity contribution is 5.21. The highest BCUT2D eigenvalue weighted by Gasteiger charge is 1.54. The van der Waals surface area contributed by atoms with Crippen molar-refractivity contribution in [3.8, 4) is 24.2 Å². The molecule has 0 aromatic heterocycles. The van der Waals surface area contributed by atoms with Crippen molar-refractivity contribution in [2.75, 3.05) is 13.1 Å². The number of hydrogen-bond donors (Lipinski definition) is 2. The molecular weight excluding hydrogens is 124 g/mol. The number of nitrogens with two attached hydrogens (primary N) is 2. The summed E-state index contributed by atoms with van der Waals surface area (Å²) in [6.45, 7) is 3.16. The monoisotopic (exact) mass is 138 g/mol. The minimum atomic E-state index is 0.597. The van der Waals surface area contributed by atoms with Gasteiger partial charge >= 0.3 is 0 Å². The predicted octanol–water partition coefficient (Wildman–Crippen LogP) is -0.0632. The Labute approximate surface area is 63.0 Å². The smallest absolute Gasteiger partial charge is 0.00704 e. The maximum atomic E-state index is 4.90. The number of terminal acetylenes is 1. The van der Waals surface area contributed by atoms with Crippen molar-refractivity contribution in [2.24, 2.45) is 11.5 Å². The van der Waals surface area contributed by atoms with Crippen LogP contribution in [0.2, 0.25) is 0 Å². The van der Waals surface area contributed by atoms with Crippen LogP contribution in [0.3, 0.4) is 0 Å². The fraction of sp³-hybridized carbons (Fsp3) is 0.500. The van der Waals surface area contributed by atoms with E-state index in [0.717, 1.165) is 6.42 Å². The Hall–Kier alpha value is -0.960. The lowest BCUT2D eigenvalue weighted by molar-refractivity contribution is 0.976. The number of rotatable bonds is 1. The van der Waals surface area contributed by atoms with Crippen LogP contribution in [0.15, 0.2) is 0 Å². The fourth-order valence-corrected chi connectivity index (χ4v) is 0.139. The summed E-state index contributed by atoms with van der Waals surface area (Å²) >= 11 is 0. The molecule has 4 N–H and O–H groups in total. The van der Waals surface area contributed by atoms with Gasteiger partial charge in [-0.1, -0.05) is 12.8 Å². The second-order valence-electron chi connectivity index (χ2n) is 1.38. The van der Waals surface area contributed by atoms with Crippen LogP contribution in [0.1, 0.15) is 13.3 Å². The van der Waals surface area contributed by atoms with Gasteiger partial charge in [0.05, 0.1) is 0 Å². The first kappa shape index (κ1) is 11.8. The summed E-state index contributed by atoms with van der Waals surface area (Å²) in [5.41, 5.74) is 9.81. The van der Waals surface area contributed by atoms with Gasteiger partial charge in [0.15, 0.2) is 0 Å². The Morgan fingerprint density at radius 1 is 1.30 bits per heavy atom. The van der Waals surface area contributed by atoms with Crippen LogP contribution in [0.25, 0.3) is 0 Å². The van der Waals surface area contributed by atoms with Crippen LogP contribution in [-0.2, 0) is 0 Å². The van der Waals surface area contributed by atoms with Crippen molar-refractivity contribution in [3.05, 3.63) is 0 Å². The molecule has 10 heavy (non-hydrogen) atoms. The SMILES string of the molecule is C#CC#CCC.NCCN. The van der Waals surface area contributed by atoms with E-state index in [9.17, 15) is 0 Å². The van der Waals surface area contributed by atoms with Crippen molar-refractivity contribution in [1.82, 2.24) is 0 Å². The standard InChI is InChI=1S/C6H6.C2H8N2/c1-3-5-6-4-2;3-1-2-4/h1H,4H2,2H3;1-4H2. The quantitative estimate of drug-likeness (QED) is 0.499. The van der Waals surface area contributed by atoms with E-state index in [0.29, 0.717) is 13.1 Å². The lowest BCUT2D eigenvalue weighted by atomic mass is 10.5. The second kappa shape index (κ2) is 15.7. The summed E-state index contributed by atoms with van der Waals surface area (Å²) in [6.07, 6.45) is 5.64. The topological polar surface area (TPSA) is 52.0 Å². The average Bonchev–Trinajstić information content (AvgIpc) is 2.01. The van der Waals surface area contributed by atoms with Crippen molar-refractivity contribution in [1.29, 1.82) is 0 Å². The molecule has 0 saturated heterocycles. The van der Waals surface area contributed by atoms with Crippen LogP contribution in [0.4, 0.5) is 0 Å². The van der Waals surface area contributed by atoms with Crippen molar-refractivity contribution in [3.63, 3.8) is 0 Å². The molecule has 0 aromatic rings. The first-order valence-electron chi connectivity index (χ1n) is 3.17. The maximum Gasteiger partial charge on any atom is 0.00704 e. The third-order valence-corrected chi connectivity index (χ3v) is 0.504. The molecule has 0 aliphatic carbocycles. The van der Waals surface area contributed by atoms with Gasteiger partial charge in [0, 0.05) is 19.5 Å². The van der Waals surface area contributed by atoms with Crippen molar-refractivity contribution in [2.45, 2.75) is 13.3 Å². The molecule has 0 rings (SSSR count). The van der Waals surface area contributed by atoms with E-state index >= 15 is 0 Å². The molecule has 2 heteroatoms. The first-order valence-corrected chi connectivity index (χ1v) is 3.17. The van der Waals surface area contributed by atoms with Gasteiger partial charge in [0.25, 0.3) is 0 Å². The predicted molar refractivity (Wildman–Crippen MR) is 45.0 cm³/mol. The normalized spacial score (nSPS) is 5.80. The van der Waals surface area contributed by atoms with E-state index in [1.807, 2.05) is 6.92 Å². The molecule has 56 valence electrons. The van der Waals surface area contributed by atoms with E-state index in [1.165, 1.54) is 0 Å². The van der Waals surface area contributed by atoms with Crippen LogP contribution in [0.5, 0.6) is 0 Å². The molecule has 0 fully saturated rings. The number of hydrogen-bond acceptors (Lipinski definition) is 2. The first-order chi connectivity index (χ1) is 4.83. The molecule has 0 aliphatic heterocycles. The summed E-state index contributed by atoms with van der Waals surface area (Å²) in [6, 6.07) is 0. The lowest BCUT2D eigenvalue weighted by Crippen LogP contribution is -2.11. The van der Waals surface area contributed by atoms with Crippen molar-refractivity contribution < 1.29 is 0 Å². The maximum absolute atomic E-state index is 4.90. The molecule has 0 bridgehead atoms. The zero-order valence-corrected chi connectivity index (χ0v) is 6.35.